The van der Waals surface area contributed by atoms with Crippen molar-refractivity contribution in [3.8, 4) is 0 Å². The number of nitrogens with zero attached hydrogens (tertiary/aromatic N) is 2. The molecule has 0 aromatic heterocycles. The normalized spacial score (nSPS) is 23.7. The molecule has 4 nitrogen and oxygen atoms in total. The maximum absolute atomic E-state index is 10.6. The summed E-state index contributed by atoms with van der Waals surface area (Å²) >= 11 is 0. The Morgan fingerprint density at radius 2 is 2.27 bits per heavy atom. The lowest BCUT2D eigenvalue weighted by molar-refractivity contribution is -0.138. The molecule has 0 aromatic rings. The maximum Gasteiger partial charge on any atom is 0.317 e. The third-order valence-electron chi connectivity index (χ3n) is 3.23. The van der Waals surface area contributed by atoms with E-state index in [1.165, 1.54) is 6.42 Å². The number of carboxylic acid groups (broad SMARTS) is 1. The van der Waals surface area contributed by atoms with Crippen molar-refractivity contribution >= 4 is 5.97 Å². The molecule has 15 heavy (non-hydrogen) atoms. The quantitative estimate of drug-likeness (QED) is 0.754. The van der Waals surface area contributed by atoms with Crippen LogP contribution in [0.5, 0.6) is 0 Å². The van der Waals surface area contributed by atoms with Crippen molar-refractivity contribution in [3.63, 3.8) is 0 Å². The lowest BCUT2D eigenvalue weighted by atomic mass is 10.0. The van der Waals surface area contributed by atoms with Crippen LogP contribution in [0.2, 0.25) is 0 Å². The zero-order valence-electron chi connectivity index (χ0n) is 9.94. The van der Waals surface area contributed by atoms with Crippen LogP contribution in [0.25, 0.3) is 0 Å². The summed E-state index contributed by atoms with van der Waals surface area (Å²) in [5, 5.41) is 8.74. The Morgan fingerprint density at radius 1 is 1.60 bits per heavy atom. The summed E-state index contributed by atoms with van der Waals surface area (Å²) in [4.78, 5) is 15.0. The van der Waals surface area contributed by atoms with E-state index in [4.69, 9.17) is 5.11 Å². The summed E-state index contributed by atoms with van der Waals surface area (Å²) in [7, 11) is 2.12. The molecule has 1 atom stereocenters. The van der Waals surface area contributed by atoms with Gasteiger partial charge in [-0.1, -0.05) is 0 Å². The molecule has 0 saturated carbocycles. The Labute approximate surface area is 91.9 Å². The molecule has 0 bridgehead atoms. The zero-order chi connectivity index (χ0) is 11.4. The molecule has 4 heteroatoms. The third kappa shape index (κ3) is 3.80. The molecule has 0 amide bonds. The SMILES string of the molecule is CC(C)N(C)[C@H]1CCCN(CC(=O)O)C1. The number of aliphatic carboxylic acids is 1. The molecule has 1 saturated heterocycles. The summed E-state index contributed by atoms with van der Waals surface area (Å²) in [6, 6.07) is 1.04. The van der Waals surface area contributed by atoms with Gasteiger partial charge in [0.2, 0.25) is 0 Å². The number of carbonyl (C=O) groups is 1. The Bertz CT molecular complexity index is 219. The number of hydrogen-bond donors (Lipinski definition) is 1. The third-order valence-corrected chi connectivity index (χ3v) is 3.23. The van der Waals surface area contributed by atoms with E-state index in [-0.39, 0.29) is 6.54 Å². The molecule has 0 radical (unpaired) electrons. The standard InChI is InChI=1S/C11H22N2O2/c1-9(2)12(3)10-5-4-6-13(7-10)8-11(14)15/h9-10H,4-8H2,1-3H3,(H,14,15)/t10-/m0/s1. The van der Waals surface area contributed by atoms with Crippen molar-refractivity contribution in [2.45, 2.75) is 38.8 Å². The topological polar surface area (TPSA) is 43.8 Å². The molecule has 0 spiro atoms. The molecule has 0 aliphatic carbocycles. The van der Waals surface area contributed by atoms with Gasteiger partial charge in [0.1, 0.15) is 0 Å². The van der Waals surface area contributed by atoms with Gasteiger partial charge in [0, 0.05) is 18.6 Å². The van der Waals surface area contributed by atoms with E-state index in [0.717, 1.165) is 19.5 Å². The average molecular weight is 214 g/mol. The molecule has 88 valence electrons. The molecule has 1 fully saturated rings. The summed E-state index contributed by atoms with van der Waals surface area (Å²) in [6.45, 7) is 6.35. The van der Waals surface area contributed by atoms with E-state index in [1.54, 1.807) is 0 Å². The fourth-order valence-corrected chi connectivity index (χ4v) is 2.12. The minimum Gasteiger partial charge on any atom is -0.480 e. The Morgan fingerprint density at radius 3 is 2.80 bits per heavy atom. The number of carboxylic acids is 1. The number of piperidine rings is 1. The van der Waals surface area contributed by atoms with Crippen molar-refractivity contribution in [1.82, 2.24) is 9.80 Å². The number of hydrogen-bond acceptors (Lipinski definition) is 3. The summed E-state index contributed by atoms with van der Waals surface area (Å²) in [5.74, 6) is -0.720. The molecule has 0 unspecified atom stereocenters. The second-order valence-corrected chi connectivity index (χ2v) is 4.68. The van der Waals surface area contributed by atoms with E-state index in [1.807, 2.05) is 4.90 Å². The van der Waals surface area contributed by atoms with Crippen LogP contribution in [0.4, 0.5) is 0 Å². The van der Waals surface area contributed by atoms with Gasteiger partial charge in [0.15, 0.2) is 0 Å². The molecule has 1 N–H and O–H groups in total. The van der Waals surface area contributed by atoms with Crippen LogP contribution in [0, 0.1) is 0 Å². The van der Waals surface area contributed by atoms with E-state index >= 15 is 0 Å². The van der Waals surface area contributed by atoms with Gasteiger partial charge in [-0.3, -0.25) is 14.6 Å². The van der Waals surface area contributed by atoms with Gasteiger partial charge in [-0.05, 0) is 40.3 Å². The van der Waals surface area contributed by atoms with Crippen LogP contribution in [0.1, 0.15) is 26.7 Å². The van der Waals surface area contributed by atoms with E-state index in [0.29, 0.717) is 12.1 Å². The average Bonchev–Trinajstić information content (AvgIpc) is 2.16. The lowest BCUT2D eigenvalue weighted by Gasteiger charge is -2.38. The van der Waals surface area contributed by atoms with Crippen LogP contribution in [-0.4, -0.2) is 59.6 Å². The number of rotatable bonds is 4. The van der Waals surface area contributed by atoms with Crippen molar-refractivity contribution in [3.05, 3.63) is 0 Å². The highest BCUT2D eigenvalue weighted by atomic mass is 16.4. The van der Waals surface area contributed by atoms with Gasteiger partial charge in [-0.2, -0.15) is 0 Å². The number of likely N-dealkylation sites (tertiary alicyclic amines) is 1. The van der Waals surface area contributed by atoms with Crippen LogP contribution >= 0.6 is 0 Å². The fraction of sp³-hybridized carbons (Fsp3) is 0.909. The van der Waals surface area contributed by atoms with Crippen LogP contribution in [0.15, 0.2) is 0 Å². The molecule has 0 aromatic carbocycles. The summed E-state index contributed by atoms with van der Waals surface area (Å²) < 4.78 is 0. The van der Waals surface area contributed by atoms with E-state index in [2.05, 4.69) is 25.8 Å². The first-order valence-corrected chi connectivity index (χ1v) is 5.66. The van der Waals surface area contributed by atoms with Crippen LogP contribution in [-0.2, 0) is 4.79 Å². The summed E-state index contributed by atoms with van der Waals surface area (Å²) in [5.41, 5.74) is 0. The first-order valence-electron chi connectivity index (χ1n) is 5.66. The van der Waals surface area contributed by atoms with Gasteiger partial charge in [-0.15, -0.1) is 0 Å². The fourth-order valence-electron chi connectivity index (χ4n) is 2.12. The first-order chi connectivity index (χ1) is 7.00. The van der Waals surface area contributed by atoms with Gasteiger partial charge in [0.05, 0.1) is 6.54 Å². The highest BCUT2D eigenvalue weighted by molar-refractivity contribution is 5.69. The molecule has 1 heterocycles. The van der Waals surface area contributed by atoms with Gasteiger partial charge >= 0.3 is 5.97 Å². The van der Waals surface area contributed by atoms with Crippen molar-refractivity contribution in [2.75, 3.05) is 26.7 Å². The minimum atomic E-state index is -0.720. The molecule has 1 aliphatic rings. The first kappa shape index (κ1) is 12.5. The summed E-state index contributed by atoms with van der Waals surface area (Å²) in [6.07, 6.45) is 2.29. The van der Waals surface area contributed by atoms with E-state index in [9.17, 15) is 4.79 Å². The largest absolute Gasteiger partial charge is 0.480 e. The van der Waals surface area contributed by atoms with Gasteiger partial charge in [0.25, 0.3) is 0 Å². The Hall–Kier alpha value is -0.610. The highest BCUT2D eigenvalue weighted by Gasteiger charge is 2.25. The van der Waals surface area contributed by atoms with Crippen molar-refractivity contribution < 1.29 is 9.90 Å². The molecule has 1 aliphatic heterocycles. The zero-order valence-corrected chi connectivity index (χ0v) is 9.94. The molecule has 1 rings (SSSR count). The maximum atomic E-state index is 10.6. The second-order valence-electron chi connectivity index (χ2n) is 4.68. The number of likely N-dealkylation sites (N-methyl/N-ethyl adjacent to an activating group) is 1. The van der Waals surface area contributed by atoms with Crippen LogP contribution < -0.4 is 0 Å². The highest BCUT2D eigenvalue weighted by Crippen LogP contribution is 2.16. The van der Waals surface area contributed by atoms with Gasteiger partial charge < -0.3 is 5.11 Å². The smallest absolute Gasteiger partial charge is 0.317 e. The Kier molecular flexibility index (Phi) is 4.54. The molecular formula is C11H22N2O2. The van der Waals surface area contributed by atoms with Crippen molar-refractivity contribution in [1.29, 1.82) is 0 Å². The van der Waals surface area contributed by atoms with Crippen molar-refractivity contribution in [2.24, 2.45) is 0 Å². The molecular weight excluding hydrogens is 192 g/mol. The van der Waals surface area contributed by atoms with Gasteiger partial charge in [-0.25, -0.2) is 0 Å². The monoisotopic (exact) mass is 214 g/mol. The predicted molar refractivity (Wildman–Crippen MR) is 60.0 cm³/mol. The Balaban J connectivity index is 2.44. The van der Waals surface area contributed by atoms with E-state index < -0.39 is 5.97 Å². The second kappa shape index (κ2) is 5.47. The van der Waals surface area contributed by atoms with Crippen LogP contribution in [0.3, 0.4) is 0 Å². The predicted octanol–water partition coefficient (Wildman–Crippen LogP) is 0.876. The minimum absolute atomic E-state index is 0.183. The lowest BCUT2D eigenvalue weighted by Crippen LogP contribution is -2.49.